The van der Waals surface area contributed by atoms with Gasteiger partial charge in [0, 0.05) is 22.9 Å². The van der Waals surface area contributed by atoms with Gasteiger partial charge in [0.1, 0.15) is 11.6 Å². The van der Waals surface area contributed by atoms with Gasteiger partial charge in [-0.05, 0) is 84.3 Å². The topological polar surface area (TPSA) is 128 Å². The molecule has 1 fully saturated rings. The van der Waals surface area contributed by atoms with Gasteiger partial charge in [-0.25, -0.2) is 36.8 Å². The average molecular weight is 607 g/mol. The fourth-order valence-electron chi connectivity index (χ4n) is 4.86. The normalized spacial score (nSPS) is 13.4. The van der Waals surface area contributed by atoms with Crippen molar-refractivity contribution in [3.05, 3.63) is 106 Å². The lowest BCUT2D eigenvalue weighted by atomic mass is 9.95. The standard InChI is InChI=1S/C30H24F2N4O4S2/c31-22-7-5-19(6-8-22)20-13-21(15-23(32)14-20)28-25(11-17-3-9-24(10-4-17)42(33,39)40)27(12-18-1-2-18)36(35-28)30-34-26(16-41-30)29(37)38/h3-10,13-16,18H,1-2,11-12H2,(H,37,38)(H2,33,39,40). The Morgan fingerprint density at radius 1 is 0.976 bits per heavy atom. The van der Waals surface area contributed by atoms with E-state index in [4.69, 9.17) is 10.2 Å². The van der Waals surface area contributed by atoms with Gasteiger partial charge in [0.2, 0.25) is 15.2 Å². The predicted octanol–water partition coefficient (Wildman–Crippen LogP) is 5.83. The highest BCUT2D eigenvalue weighted by Gasteiger charge is 2.29. The zero-order chi connectivity index (χ0) is 29.6. The van der Waals surface area contributed by atoms with Crippen LogP contribution < -0.4 is 5.14 Å². The number of benzene rings is 3. The lowest BCUT2D eigenvalue weighted by Crippen LogP contribution is -2.12. The number of hydrogen-bond acceptors (Lipinski definition) is 6. The van der Waals surface area contributed by atoms with Gasteiger partial charge in [-0.3, -0.25) is 0 Å². The fourth-order valence-corrected chi connectivity index (χ4v) is 6.15. The summed E-state index contributed by atoms with van der Waals surface area (Å²) in [4.78, 5) is 15.8. The lowest BCUT2D eigenvalue weighted by molar-refractivity contribution is 0.0691. The first kappa shape index (κ1) is 27.9. The molecule has 6 rings (SSSR count). The maximum absolute atomic E-state index is 15.1. The zero-order valence-electron chi connectivity index (χ0n) is 22.0. The van der Waals surface area contributed by atoms with Crippen molar-refractivity contribution < 1.29 is 27.1 Å². The molecule has 2 aromatic heterocycles. The molecule has 0 amide bonds. The zero-order valence-corrected chi connectivity index (χ0v) is 23.6. The number of hydrogen-bond donors (Lipinski definition) is 2. The molecule has 0 unspecified atom stereocenters. The maximum atomic E-state index is 15.1. The number of halogens is 2. The number of rotatable bonds is 9. The molecule has 8 nitrogen and oxygen atoms in total. The van der Waals surface area contributed by atoms with E-state index in [0.29, 0.717) is 46.3 Å². The molecular formula is C30H24F2N4O4S2. The number of sulfonamides is 1. The monoisotopic (exact) mass is 606 g/mol. The van der Waals surface area contributed by atoms with Gasteiger partial charge in [-0.15, -0.1) is 11.3 Å². The second-order valence-electron chi connectivity index (χ2n) is 10.3. The highest BCUT2D eigenvalue weighted by Crippen LogP contribution is 2.39. The van der Waals surface area contributed by atoms with E-state index in [0.717, 1.165) is 41.0 Å². The number of nitrogens with two attached hydrogens (primary N) is 1. The number of aromatic nitrogens is 3. The number of aromatic carboxylic acids is 1. The molecule has 3 N–H and O–H groups in total. The lowest BCUT2D eigenvalue weighted by Gasteiger charge is -2.10. The first-order valence-electron chi connectivity index (χ1n) is 13.0. The summed E-state index contributed by atoms with van der Waals surface area (Å²) >= 11 is 1.14. The molecule has 0 saturated heterocycles. The summed E-state index contributed by atoms with van der Waals surface area (Å²) in [5, 5.41) is 21.4. The SMILES string of the molecule is NS(=O)(=O)c1ccc(Cc2c(-c3cc(F)cc(-c4ccc(F)cc4)c3)nn(-c3nc(C(=O)O)cs3)c2CC2CC2)cc1. The van der Waals surface area contributed by atoms with E-state index < -0.39 is 27.6 Å². The third-order valence-corrected chi connectivity index (χ3v) is 8.89. The van der Waals surface area contributed by atoms with Gasteiger partial charge in [-0.1, -0.05) is 24.3 Å². The highest BCUT2D eigenvalue weighted by molar-refractivity contribution is 7.89. The molecule has 3 aromatic carbocycles. The van der Waals surface area contributed by atoms with Crippen molar-refractivity contribution in [2.45, 2.75) is 30.6 Å². The Kier molecular flexibility index (Phi) is 7.21. The molecule has 1 saturated carbocycles. The number of carboxylic acids is 1. The Bertz CT molecular complexity index is 1910. The van der Waals surface area contributed by atoms with Crippen LogP contribution in [0.4, 0.5) is 8.78 Å². The first-order valence-corrected chi connectivity index (χ1v) is 15.5. The Balaban J connectivity index is 1.53. The van der Waals surface area contributed by atoms with Gasteiger partial charge in [-0.2, -0.15) is 5.10 Å². The molecule has 0 spiro atoms. The maximum Gasteiger partial charge on any atom is 0.355 e. The minimum Gasteiger partial charge on any atom is -0.476 e. The fraction of sp³-hybridized carbons (Fsp3) is 0.167. The summed E-state index contributed by atoms with van der Waals surface area (Å²) in [5.74, 6) is -1.65. The van der Waals surface area contributed by atoms with Gasteiger partial charge in [0.25, 0.3) is 0 Å². The van der Waals surface area contributed by atoms with Gasteiger partial charge in [0.15, 0.2) is 5.69 Å². The molecule has 0 bridgehead atoms. The molecule has 1 aliphatic carbocycles. The van der Waals surface area contributed by atoms with Crippen LogP contribution in [0.1, 0.15) is 40.2 Å². The van der Waals surface area contributed by atoms with Crippen molar-refractivity contribution in [3.63, 3.8) is 0 Å². The predicted molar refractivity (Wildman–Crippen MR) is 154 cm³/mol. The highest BCUT2D eigenvalue weighted by atomic mass is 32.2. The van der Waals surface area contributed by atoms with Crippen molar-refractivity contribution >= 4 is 27.3 Å². The summed E-state index contributed by atoms with van der Waals surface area (Å²) in [6, 6.07) is 16.5. The van der Waals surface area contributed by atoms with Crippen LogP contribution in [-0.4, -0.2) is 34.3 Å². The van der Waals surface area contributed by atoms with E-state index in [2.05, 4.69) is 4.98 Å². The van der Waals surface area contributed by atoms with Crippen molar-refractivity contribution in [2.24, 2.45) is 11.1 Å². The molecule has 1 aliphatic rings. The van der Waals surface area contributed by atoms with Crippen LogP contribution in [0.15, 0.2) is 77.0 Å². The van der Waals surface area contributed by atoms with E-state index in [9.17, 15) is 22.7 Å². The number of carbonyl (C=O) groups is 1. The van der Waals surface area contributed by atoms with Crippen LogP contribution in [0.3, 0.4) is 0 Å². The van der Waals surface area contributed by atoms with Crippen LogP contribution in [0.2, 0.25) is 0 Å². The Labute approximate surface area is 244 Å². The summed E-state index contributed by atoms with van der Waals surface area (Å²) in [6.07, 6.45) is 3.06. The van der Waals surface area contributed by atoms with E-state index in [1.54, 1.807) is 35.0 Å². The summed E-state index contributed by atoms with van der Waals surface area (Å²) in [6.45, 7) is 0. The summed E-state index contributed by atoms with van der Waals surface area (Å²) in [7, 11) is -3.87. The molecule has 214 valence electrons. The first-order chi connectivity index (χ1) is 20.0. The largest absolute Gasteiger partial charge is 0.476 e. The van der Waals surface area contributed by atoms with Crippen molar-refractivity contribution in [1.29, 1.82) is 0 Å². The minimum atomic E-state index is -3.87. The van der Waals surface area contributed by atoms with Crippen LogP contribution >= 0.6 is 11.3 Å². The summed E-state index contributed by atoms with van der Waals surface area (Å²) < 4.78 is 53.9. The molecule has 42 heavy (non-hydrogen) atoms. The van der Waals surface area contributed by atoms with Gasteiger partial charge < -0.3 is 5.11 Å². The van der Waals surface area contributed by atoms with Crippen LogP contribution in [0.5, 0.6) is 0 Å². The molecule has 0 radical (unpaired) electrons. The Hall–Kier alpha value is -4.26. The van der Waals surface area contributed by atoms with E-state index in [1.807, 2.05) is 0 Å². The second kappa shape index (κ2) is 10.9. The Morgan fingerprint density at radius 3 is 2.29 bits per heavy atom. The molecule has 0 aliphatic heterocycles. The third kappa shape index (κ3) is 5.87. The molecule has 2 heterocycles. The van der Waals surface area contributed by atoms with Crippen molar-refractivity contribution in [2.75, 3.05) is 0 Å². The minimum absolute atomic E-state index is 0.0153. The van der Waals surface area contributed by atoms with Crippen molar-refractivity contribution in [3.8, 4) is 27.5 Å². The smallest absolute Gasteiger partial charge is 0.355 e. The summed E-state index contributed by atoms with van der Waals surface area (Å²) in [5.41, 5.74) is 4.41. The quantitative estimate of drug-likeness (QED) is 0.217. The Morgan fingerprint density at radius 2 is 1.67 bits per heavy atom. The molecular weight excluding hydrogens is 582 g/mol. The number of carboxylic acid groups (broad SMARTS) is 1. The molecule has 5 aromatic rings. The number of nitrogens with zero attached hydrogens (tertiary/aromatic N) is 3. The molecule has 12 heteroatoms. The molecule has 0 atom stereocenters. The van der Waals surface area contributed by atoms with Crippen LogP contribution in [0, 0.1) is 17.6 Å². The van der Waals surface area contributed by atoms with E-state index in [-0.39, 0.29) is 10.6 Å². The van der Waals surface area contributed by atoms with Crippen LogP contribution in [-0.2, 0) is 22.9 Å². The van der Waals surface area contributed by atoms with E-state index >= 15 is 4.39 Å². The third-order valence-electron chi connectivity index (χ3n) is 7.14. The van der Waals surface area contributed by atoms with Gasteiger partial charge >= 0.3 is 5.97 Å². The number of primary sulfonamides is 1. The van der Waals surface area contributed by atoms with Crippen LogP contribution in [0.25, 0.3) is 27.5 Å². The van der Waals surface area contributed by atoms with Gasteiger partial charge in [0.05, 0.1) is 16.3 Å². The second-order valence-corrected chi connectivity index (χ2v) is 12.7. The number of thiazole rings is 1. The van der Waals surface area contributed by atoms with Crippen molar-refractivity contribution in [1.82, 2.24) is 14.8 Å². The van der Waals surface area contributed by atoms with E-state index in [1.165, 1.54) is 41.8 Å². The average Bonchev–Trinajstić information content (AvgIpc) is 3.50.